The Morgan fingerprint density at radius 2 is 1.82 bits per heavy atom. The van der Waals surface area contributed by atoms with E-state index in [0.29, 0.717) is 13.0 Å². The topological polar surface area (TPSA) is 198 Å². The summed E-state index contributed by atoms with van der Waals surface area (Å²) < 4.78 is 17.9. The van der Waals surface area contributed by atoms with Crippen LogP contribution in [0, 0.1) is 17.8 Å². The van der Waals surface area contributed by atoms with Crippen LogP contribution in [0.3, 0.4) is 0 Å². The van der Waals surface area contributed by atoms with Gasteiger partial charge in [0.25, 0.3) is 0 Å². The normalized spacial score (nSPS) is 38.2. The molecule has 2 saturated heterocycles. The Hall–Kier alpha value is -0.990. The predicted octanol–water partition coefficient (Wildman–Crippen LogP) is -0.0626. The van der Waals surface area contributed by atoms with E-state index in [1.54, 1.807) is 13.0 Å². The first kappa shape index (κ1) is 33.2. The maximum absolute atomic E-state index is 13.1. The van der Waals surface area contributed by atoms with Crippen molar-refractivity contribution < 1.29 is 44.5 Å². The molecule has 2 fully saturated rings. The molecule has 0 aromatic carbocycles. The third-order valence-electron chi connectivity index (χ3n) is 7.39. The summed E-state index contributed by atoms with van der Waals surface area (Å²) in [5.74, 6) is -3.04. The molecule has 0 aliphatic carbocycles. The van der Waals surface area contributed by atoms with Crippen LogP contribution < -0.4 is 11.5 Å². The van der Waals surface area contributed by atoms with E-state index in [2.05, 4.69) is 0 Å². The predicted molar refractivity (Wildman–Crippen MR) is 140 cm³/mol. The van der Waals surface area contributed by atoms with E-state index < -0.39 is 66.8 Å². The van der Waals surface area contributed by atoms with Gasteiger partial charge >= 0.3 is 0 Å². The van der Waals surface area contributed by atoms with Gasteiger partial charge < -0.3 is 51.2 Å². The van der Waals surface area contributed by atoms with Crippen LogP contribution in [-0.2, 0) is 19.0 Å². The molecule has 0 amide bonds. The summed E-state index contributed by atoms with van der Waals surface area (Å²) in [6, 6.07) is -0.987. The molecule has 2 aliphatic heterocycles. The molecule has 11 nitrogen and oxygen atoms in total. The molecule has 2 rings (SSSR count). The van der Waals surface area contributed by atoms with E-state index in [-0.39, 0.29) is 43.3 Å². The number of aliphatic hydroxyl groups excluding tert-OH is 4. The number of hydrogen-bond donors (Lipinski definition) is 7. The van der Waals surface area contributed by atoms with Gasteiger partial charge in [-0.2, -0.15) is 0 Å². The van der Waals surface area contributed by atoms with Crippen molar-refractivity contribution in [2.75, 3.05) is 6.54 Å². The molecule has 0 spiro atoms. The summed E-state index contributed by atoms with van der Waals surface area (Å²) >= 11 is 0. The van der Waals surface area contributed by atoms with Crippen molar-refractivity contribution in [3.05, 3.63) is 12.2 Å². The summed E-state index contributed by atoms with van der Waals surface area (Å²) in [6.07, 6.45) is -4.13. The summed E-state index contributed by atoms with van der Waals surface area (Å²) in [6.45, 7) is 9.50. The lowest BCUT2D eigenvalue weighted by molar-refractivity contribution is -0.307. The van der Waals surface area contributed by atoms with Gasteiger partial charge in [-0.25, -0.2) is 0 Å². The third-order valence-corrected chi connectivity index (χ3v) is 7.39. The Bertz CT molecular complexity index is 767. The van der Waals surface area contributed by atoms with Crippen LogP contribution in [0.5, 0.6) is 0 Å². The summed E-state index contributed by atoms with van der Waals surface area (Å²) in [7, 11) is 0. The SMILES string of the molecule is CC(C)/C=C/[C@@H](CC1O[C@](O)(CC(O)C(C)C)C[C@H](O)[C@H]1C(=O)CCCN)OC1OC(C)C(O)C(N)C1O. The lowest BCUT2D eigenvalue weighted by Gasteiger charge is -2.46. The second-order valence-electron chi connectivity index (χ2n) is 11.6. The van der Waals surface area contributed by atoms with E-state index >= 15 is 0 Å². The monoisotopic (exact) mass is 546 g/mol. The number of Topliss-reactive ketones (excluding diaryl/α,β-unsaturated/α-hetero) is 1. The largest absolute Gasteiger partial charge is 0.393 e. The number of rotatable bonds is 13. The fourth-order valence-corrected chi connectivity index (χ4v) is 4.97. The Kier molecular flexibility index (Phi) is 12.7. The van der Waals surface area contributed by atoms with E-state index in [4.69, 9.17) is 25.7 Å². The van der Waals surface area contributed by atoms with Gasteiger partial charge in [0, 0.05) is 25.7 Å². The zero-order chi connectivity index (χ0) is 28.8. The van der Waals surface area contributed by atoms with E-state index in [1.165, 1.54) is 0 Å². The van der Waals surface area contributed by atoms with Crippen LogP contribution in [0.25, 0.3) is 0 Å². The quantitative estimate of drug-likeness (QED) is 0.153. The molecule has 2 aliphatic rings. The van der Waals surface area contributed by atoms with Gasteiger partial charge in [0.05, 0.1) is 48.6 Å². The average molecular weight is 547 g/mol. The molecule has 38 heavy (non-hydrogen) atoms. The Labute approximate surface area is 226 Å². The molecular weight excluding hydrogens is 496 g/mol. The number of carbonyl (C=O) groups is 1. The summed E-state index contributed by atoms with van der Waals surface area (Å²) in [5, 5.41) is 53.5. The number of carbonyl (C=O) groups excluding carboxylic acids is 1. The maximum atomic E-state index is 13.1. The fraction of sp³-hybridized carbons (Fsp3) is 0.889. The van der Waals surface area contributed by atoms with Crippen LogP contribution in [0.1, 0.15) is 66.7 Å². The second kappa shape index (κ2) is 14.6. The summed E-state index contributed by atoms with van der Waals surface area (Å²) in [4.78, 5) is 13.1. The van der Waals surface area contributed by atoms with Crippen LogP contribution in [0.2, 0.25) is 0 Å². The highest BCUT2D eigenvalue weighted by Gasteiger charge is 2.50. The van der Waals surface area contributed by atoms with Crippen molar-refractivity contribution in [2.24, 2.45) is 29.2 Å². The van der Waals surface area contributed by atoms with Gasteiger partial charge in [0.2, 0.25) is 0 Å². The molecule has 0 radical (unpaired) electrons. The van der Waals surface area contributed by atoms with Crippen LogP contribution in [-0.4, -0.2) is 98.7 Å². The van der Waals surface area contributed by atoms with Crippen molar-refractivity contribution in [3.63, 3.8) is 0 Å². The Morgan fingerprint density at radius 3 is 2.39 bits per heavy atom. The zero-order valence-corrected chi connectivity index (χ0v) is 23.3. The van der Waals surface area contributed by atoms with Crippen molar-refractivity contribution in [1.82, 2.24) is 0 Å². The van der Waals surface area contributed by atoms with E-state index in [9.17, 15) is 30.3 Å². The minimum atomic E-state index is -1.85. The Morgan fingerprint density at radius 1 is 1.16 bits per heavy atom. The highest BCUT2D eigenvalue weighted by atomic mass is 16.7. The zero-order valence-electron chi connectivity index (χ0n) is 23.3. The summed E-state index contributed by atoms with van der Waals surface area (Å²) in [5.41, 5.74) is 11.6. The second-order valence-corrected chi connectivity index (χ2v) is 11.6. The highest BCUT2D eigenvalue weighted by molar-refractivity contribution is 5.82. The van der Waals surface area contributed by atoms with Gasteiger partial charge in [-0.05, 0) is 31.7 Å². The van der Waals surface area contributed by atoms with Gasteiger partial charge in [-0.3, -0.25) is 4.79 Å². The first-order valence-corrected chi connectivity index (χ1v) is 13.8. The molecule has 0 bridgehead atoms. The number of hydrogen-bond acceptors (Lipinski definition) is 11. The maximum Gasteiger partial charge on any atom is 0.186 e. The molecular formula is C27H50N2O9. The van der Waals surface area contributed by atoms with Gasteiger partial charge in [0.1, 0.15) is 11.9 Å². The molecule has 9 N–H and O–H groups in total. The number of nitrogens with two attached hydrogens (primary N) is 2. The molecule has 2 heterocycles. The van der Waals surface area contributed by atoms with Crippen molar-refractivity contribution >= 4 is 5.78 Å². The first-order chi connectivity index (χ1) is 17.7. The van der Waals surface area contributed by atoms with E-state index in [0.717, 1.165) is 0 Å². The van der Waals surface area contributed by atoms with Crippen molar-refractivity contribution in [1.29, 1.82) is 0 Å². The standard InChI is InChI=1S/C27H50N2O9/c1-14(2)8-9-17(37-26-25(34)23(29)24(33)16(5)36-26)11-21-22(18(30)7-6-10-28)20(32)13-27(35,38-21)12-19(31)15(3)4/h8-9,14-17,19-26,31-35H,6-7,10-13,28-29H2,1-5H3/b9-8+/t16?,17-,19?,20-,21?,22+,23?,24?,25?,26?,27+/m0/s1. The smallest absolute Gasteiger partial charge is 0.186 e. The van der Waals surface area contributed by atoms with E-state index in [1.807, 2.05) is 33.8 Å². The average Bonchev–Trinajstić information content (AvgIpc) is 2.82. The number of ketones is 1. The highest BCUT2D eigenvalue weighted by Crippen LogP contribution is 2.39. The molecule has 11 heteroatoms. The van der Waals surface area contributed by atoms with Gasteiger partial charge in [-0.15, -0.1) is 0 Å². The van der Waals surface area contributed by atoms with Crippen LogP contribution >= 0.6 is 0 Å². The molecule has 7 unspecified atom stereocenters. The van der Waals surface area contributed by atoms with Crippen LogP contribution in [0.15, 0.2) is 12.2 Å². The molecule has 222 valence electrons. The lowest BCUT2D eigenvalue weighted by atomic mass is 9.79. The third kappa shape index (κ3) is 9.02. The molecule has 11 atom stereocenters. The fourth-order valence-electron chi connectivity index (χ4n) is 4.97. The number of aliphatic hydroxyl groups is 5. The number of allylic oxidation sites excluding steroid dienone is 1. The number of ether oxygens (including phenoxy) is 3. The van der Waals surface area contributed by atoms with Crippen LogP contribution in [0.4, 0.5) is 0 Å². The Balaban J connectivity index is 2.35. The lowest BCUT2D eigenvalue weighted by Crippen LogP contribution is -2.61. The minimum absolute atomic E-state index is 0.0398. The molecule has 0 saturated carbocycles. The van der Waals surface area contributed by atoms with Crippen molar-refractivity contribution in [3.8, 4) is 0 Å². The minimum Gasteiger partial charge on any atom is -0.393 e. The van der Waals surface area contributed by atoms with Crippen molar-refractivity contribution in [2.45, 2.75) is 128 Å². The van der Waals surface area contributed by atoms with Gasteiger partial charge in [0.15, 0.2) is 12.1 Å². The first-order valence-electron chi connectivity index (χ1n) is 13.8. The molecule has 0 aromatic heterocycles. The molecule has 0 aromatic rings. The van der Waals surface area contributed by atoms with Gasteiger partial charge in [-0.1, -0.05) is 39.8 Å².